The van der Waals surface area contributed by atoms with E-state index in [1.807, 2.05) is 0 Å². The monoisotopic (exact) mass is 823 g/mol. The van der Waals surface area contributed by atoms with Gasteiger partial charge in [-0.25, -0.2) is 28.6 Å². The highest BCUT2D eigenvalue weighted by molar-refractivity contribution is 7.99. The van der Waals surface area contributed by atoms with Crippen molar-refractivity contribution in [3.05, 3.63) is 12.7 Å². The van der Waals surface area contributed by atoms with E-state index in [2.05, 4.69) is 34.4 Å². The summed E-state index contributed by atoms with van der Waals surface area (Å²) in [5.74, 6) is -0.581. The van der Waals surface area contributed by atoms with E-state index in [0.29, 0.717) is 18.1 Å². The topological polar surface area (TPSA) is 364 Å². The van der Waals surface area contributed by atoms with Crippen molar-refractivity contribution in [2.75, 3.05) is 43.5 Å². The highest BCUT2D eigenvalue weighted by Gasteiger charge is 2.50. The molecule has 3 rings (SSSR count). The van der Waals surface area contributed by atoms with Crippen LogP contribution < -0.4 is 16.4 Å². The summed E-state index contributed by atoms with van der Waals surface area (Å²) >= 11 is 1.34. The van der Waals surface area contributed by atoms with Crippen molar-refractivity contribution < 1.29 is 80.5 Å². The Labute approximate surface area is 299 Å². The number of ketones is 1. The third-order valence-corrected chi connectivity index (χ3v) is 11.2. The van der Waals surface area contributed by atoms with Gasteiger partial charge in [-0.3, -0.25) is 32.5 Å². The van der Waals surface area contributed by atoms with Crippen LogP contribution in [0.5, 0.6) is 0 Å². The lowest BCUT2D eigenvalue weighted by molar-refractivity contribution is -0.137. The van der Waals surface area contributed by atoms with Crippen molar-refractivity contribution in [2.45, 2.75) is 57.8 Å². The van der Waals surface area contributed by atoms with Crippen LogP contribution in [0.25, 0.3) is 11.2 Å². The van der Waals surface area contributed by atoms with E-state index >= 15 is 0 Å². The molecule has 0 spiro atoms. The molecule has 2 unspecified atom stereocenters. The number of hydrogen-bond donors (Lipinski definition) is 9. The van der Waals surface area contributed by atoms with Crippen LogP contribution in [0.4, 0.5) is 5.82 Å². The summed E-state index contributed by atoms with van der Waals surface area (Å²) in [5.41, 5.74) is 4.27. The van der Waals surface area contributed by atoms with Gasteiger partial charge in [0.05, 0.1) is 25.3 Å². The molecule has 3 heterocycles. The Kier molecular flexibility index (Phi) is 15.4. The molecule has 2 amide bonds. The number of anilines is 1. The number of nitrogen functional groups attached to an aromatic ring is 1. The molecule has 0 saturated carbocycles. The predicted molar refractivity (Wildman–Crippen MR) is 178 cm³/mol. The van der Waals surface area contributed by atoms with Gasteiger partial charge in [0.25, 0.3) is 0 Å². The van der Waals surface area contributed by atoms with Gasteiger partial charge in [-0.05, 0) is 6.92 Å². The molecule has 10 N–H and O–H groups in total. The second-order valence-electron chi connectivity index (χ2n) is 11.8. The highest BCUT2D eigenvalue weighted by Crippen LogP contribution is 2.61. The predicted octanol–water partition coefficient (Wildman–Crippen LogP) is -1.27. The zero-order valence-electron chi connectivity index (χ0n) is 27.8. The second kappa shape index (κ2) is 18.3. The number of nitrogens with one attached hydrogen (secondary N) is 2. The normalized spacial score (nSPS) is 22.4. The van der Waals surface area contributed by atoms with Crippen LogP contribution in [0.3, 0.4) is 0 Å². The molecule has 1 aliphatic heterocycles. The van der Waals surface area contributed by atoms with E-state index in [-0.39, 0.29) is 35.7 Å². The molecule has 0 aromatic carbocycles. The van der Waals surface area contributed by atoms with Gasteiger partial charge < -0.3 is 50.9 Å². The van der Waals surface area contributed by atoms with Crippen LogP contribution in [-0.4, -0.2) is 129 Å². The number of imidazole rings is 1. The summed E-state index contributed by atoms with van der Waals surface area (Å²) < 4.78 is 61.9. The van der Waals surface area contributed by atoms with Crippen molar-refractivity contribution in [1.82, 2.24) is 30.2 Å². The van der Waals surface area contributed by atoms with E-state index in [4.69, 9.17) is 19.5 Å². The fraction of sp³-hybridized carbons (Fsp3) is 0.667. The maximum atomic E-state index is 12.6. The number of nitrogens with two attached hydrogens (primary N) is 1. The van der Waals surface area contributed by atoms with Gasteiger partial charge in [0.2, 0.25) is 11.8 Å². The minimum Gasteiger partial charge on any atom is -0.386 e. The minimum absolute atomic E-state index is 0.00310. The Balaban J connectivity index is 1.53. The lowest BCUT2D eigenvalue weighted by atomic mass is 9.87. The number of aliphatic hydroxyl groups is 2. The third kappa shape index (κ3) is 13.1. The first-order valence-electron chi connectivity index (χ1n) is 15.0. The number of amides is 2. The Morgan fingerprint density at radius 1 is 1.08 bits per heavy atom. The van der Waals surface area contributed by atoms with Gasteiger partial charge in [0, 0.05) is 30.7 Å². The molecule has 7 atom stereocenters. The summed E-state index contributed by atoms with van der Waals surface area (Å²) in [4.78, 5) is 86.1. The molecule has 0 aliphatic carbocycles. The van der Waals surface area contributed by atoms with E-state index < -0.39 is 84.6 Å². The molecule has 24 nitrogen and oxygen atoms in total. The molecule has 1 saturated heterocycles. The molecular formula is C24H40N7O17P3S. The van der Waals surface area contributed by atoms with Gasteiger partial charge in [-0.2, -0.15) is 16.1 Å². The summed E-state index contributed by atoms with van der Waals surface area (Å²) in [5, 5.41) is 26.3. The molecule has 28 heteroatoms. The van der Waals surface area contributed by atoms with Gasteiger partial charge in [0.15, 0.2) is 17.7 Å². The summed E-state index contributed by atoms with van der Waals surface area (Å²) in [6.45, 7) is 2.07. The number of nitrogens with zero attached hydrogens (tertiary/aromatic N) is 4. The average molecular weight is 824 g/mol. The van der Waals surface area contributed by atoms with E-state index in [1.54, 1.807) is 0 Å². The molecule has 0 radical (unpaired) electrons. The molecule has 1 aliphatic rings. The van der Waals surface area contributed by atoms with Crippen LogP contribution in [0.15, 0.2) is 12.7 Å². The number of carbonyl (C=O) groups is 3. The Morgan fingerprint density at radius 2 is 1.75 bits per heavy atom. The van der Waals surface area contributed by atoms with Gasteiger partial charge >= 0.3 is 23.5 Å². The minimum atomic E-state index is -5.56. The molecule has 2 aromatic rings. The zero-order chi connectivity index (χ0) is 39.1. The quantitative estimate of drug-likeness (QED) is 0.0523. The zero-order valence-corrected chi connectivity index (χ0v) is 31.3. The molecule has 2 aromatic heterocycles. The van der Waals surface area contributed by atoms with Crippen molar-refractivity contribution in [2.24, 2.45) is 5.41 Å². The molecule has 294 valence electrons. The number of rotatable bonds is 21. The van der Waals surface area contributed by atoms with Gasteiger partial charge in [-0.1, -0.05) is 13.8 Å². The summed E-state index contributed by atoms with van der Waals surface area (Å²) in [7, 11) is -16.4. The Hall–Kier alpha value is -2.44. The number of aromatic nitrogens is 4. The van der Waals surface area contributed by atoms with Crippen LogP contribution in [0.2, 0.25) is 0 Å². The van der Waals surface area contributed by atoms with Crippen LogP contribution in [0.1, 0.15) is 33.4 Å². The third-order valence-electron chi connectivity index (χ3n) is 6.95. The number of hydrogen-bond acceptors (Lipinski definition) is 18. The Morgan fingerprint density at radius 3 is 2.40 bits per heavy atom. The SMILES string of the molecule is CC(=O)CSCCNC(=O)CCNC(=O)[C@H](O)C(C)(C)COP(=O)(O)OP(=O)(O)OC[C@H]1O[C@@H](n2cnc3c(N)ncnc32)[C@H](O)[C@@H]1OP(=O)(O)O. The molecular weight excluding hydrogens is 783 g/mol. The number of thioether (sulfide) groups is 1. The Bertz CT molecular complexity index is 1730. The number of phosphoric acid groups is 3. The van der Waals surface area contributed by atoms with Crippen molar-refractivity contribution in [1.29, 1.82) is 0 Å². The number of Topliss-reactive ketones (excluding diaryl/α,β-unsaturated/α-hetero) is 1. The smallest absolute Gasteiger partial charge is 0.386 e. The standard InChI is InChI=1S/C24H40N7O17P3S/c1-13(32)9-52-7-6-26-15(33)4-5-27-22(36)19(35)24(2,3)10-45-51(42,43)48-50(40,41)44-8-14-18(47-49(37,38)39)17(34)23(46-14)31-12-30-16-20(25)28-11-29-21(16)31/h11-12,14,17-19,23,34-35H,4-10H2,1-3H3,(H,26,33)(H,27,36)(H,40,41)(H,42,43)(H2,25,28,29)(H2,37,38,39)/t14-,17-,18-,19+,23-/m1/s1. The van der Waals surface area contributed by atoms with Crippen LogP contribution in [-0.2, 0) is 50.7 Å². The number of carbonyl (C=O) groups excluding carboxylic acids is 3. The number of fused-ring (bicyclic) bond motifs is 1. The van der Waals surface area contributed by atoms with E-state index in [0.717, 1.165) is 17.2 Å². The first-order chi connectivity index (χ1) is 24.0. The fourth-order valence-electron chi connectivity index (χ4n) is 4.42. The van der Waals surface area contributed by atoms with Crippen LogP contribution in [0, 0.1) is 5.41 Å². The second-order valence-corrected chi connectivity index (χ2v) is 17.2. The summed E-state index contributed by atoms with van der Waals surface area (Å²) in [6.07, 6.45) is -6.85. The average Bonchev–Trinajstić information content (AvgIpc) is 3.58. The van der Waals surface area contributed by atoms with Gasteiger partial charge in [0.1, 0.15) is 42.0 Å². The van der Waals surface area contributed by atoms with Crippen molar-refractivity contribution in [3.8, 4) is 0 Å². The maximum Gasteiger partial charge on any atom is 0.481 e. The number of ether oxygens (including phenoxy) is 1. The summed E-state index contributed by atoms with van der Waals surface area (Å²) in [6, 6.07) is 0. The number of aliphatic hydroxyl groups excluding tert-OH is 2. The molecule has 1 fully saturated rings. The lowest BCUT2D eigenvalue weighted by Crippen LogP contribution is -2.46. The number of phosphoric ester groups is 3. The largest absolute Gasteiger partial charge is 0.481 e. The maximum absolute atomic E-state index is 12.6. The molecule has 52 heavy (non-hydrogen) atoms. The first-order valence-corrected chi connectivity index (χ1v) is 20.7. The molecule has 0 bridgehead atoms. The van der Waals surface area contributed by atoms with Crippen LogP contribution >= 0.6 is 35.2 Å². The van der Waals surface area contributed by atoms with E-state index in [9.17, 15) is 57.9 Å². The lowest BCUT2D eigenvalue weighted by Gasteiger charge is -2.30. The highest BCUT2D eigenvalue weighted by atomic mass is 32.2. The van der Waals surface area contributed by atoms with Gasteiger partial charge in [-0.15, -0.1) is 0 Å². The fourth-order valence-corrected chi connectivity index (χ4v) is 7.93. The van der Waals surface area contributed by atoms with Crippen molar-refractivity contribution >= 4 is 69.8 Å². The van der Waals surface area contributed by atoms with Crippen molar-refractivity contribution in [3.63, 3.8) is 0 Å². The van der Waals surface area contributed by atoms with E-state index in [1.165, 1.54) is 32.5 Å². The first kappa shape index (κ1) is 44.0.